The zero-order chi connectivity index (χ0) is 11.5. The predicted octanol–water partition coefficient (Wildman–Crippen LogP) is 3.26. The summed E-state index contributed by atoms with van der Waals surface area (Å²) in [5.41, 5.74) is 5.07. The third-order valence-corrected chi connectivity index (χ3v) is 3.97. The minimum Gasteiger partial charge on any atom is -0.271 e. The summed E-state index contributed by atoms with van der Waals surface area (Å²) in [7, 11) is 0. The zero-order valence-corrected chi connectivity index (χ0v) is 10.5. The van der Waals surface area contributed by atoms with Crippen molar-refractivity contribution in [3.8, 4) is 0 Å². The summed E-state index contributed by atoms with van der Waals surface area (Å²) < 4.78 is 0. The normalized spacial score (nSPS) is 12.7. The molecular weight excluding hydrogens is 240 g/mol. The van der Waals surface area contributed by atoms with Crippen molar-refractivity contribution in [3.63, 3.8) is 0 Å². The minimum absolute atomic E-state index is 0.0336. The van der Waals surface area contributed by atoms with E-state index in [0.717, 1.165) is 10.6 Å². The molecule has 1 atom stereocenters. The number of benzene rings is 1. The summed E-state index contributed by atoms with van der Waals surface area (Å²) in [6.45, 7) is 2.08. The van der Waals surface area contributed by atoms with Crippen LogP contribution in [0.25, 0.3) is 0 Å². The van der Waals surface area contributed by atoms with Crippen molar-refractivity contribution >= 4 is 22.9 Å². The number of nitrogens with one attached hydrogen (secondary N) is 1. The van der Waals surface area contributed by atoms with Crippen molar-refractivity contribution in [1.82, 2.24) is 5.43 Å². The van der Waals surface area contributed by atoms with Gasteiger partial charge in [0.15, 0.2) is 0 Å². The molecule has 1 aromatic carbocycles. The molecule has 0 aliphatic rings. The number of aryl methyl sites for hydroxylation is 1. The second-order valence-electron chi connectivity index (χ2n) is 3.59. The van der Waals surface area contributed by atoms with Crippen molar-refractivity contribution < 1.29 is 0 Å². The lowest BCUT2D eigenvalue weighted by atomic mass is 10.0. The van der Waals surface area contributed by atoms with Crippen molar-refractivity contribution in [2.75, 3.05) is 0 Å². The highest BCUT2D eigenvalue weighted by Crippen LogP contribution is 2.32. The van der Waals surface area contributed by atoms with E-state index >= 15 is 0 Å². The molecule has 0 aliphatic carbocycles. The van der Waals surface area contributed by atoms with E-state index in [9.17, 15) is 0 Å². The SMILES string of the molecule is Cc1ccsc1C(NN)c1ccccc1Cl. The number of hydrazine groups is 1. The molecule has 2 rings (SSSR count). The summed E-state index contributed by atoms with van der Waals surface area (Å²) in [4.78, 5) is 1.20. The van der Waals surface area contributed by atoms with Gasteiger partial charge in [-0.2, -0.15) is 0 Å². The average Bonchev–Trinajstić information content (AvgIpc) is 2.69. The van der Waals surface area contributed by atoms with E-state index in [4.69, 9.17) is 17.4 Å². The Morgan fingerprint density at radius 2 is 2.06 bits per heavy atom. The van der Waals surface area contributed by atoms with Crippen LogP contribution in [-0.2, 0) is 0 Å². The van der Waals surface area contributed by atoms with E-state index in [1.807, 2.05) is 24.3 Å². The predicted molar refractivity (Wildman–Crippen MR) is 69.7 cm³/mol. The Bertz CT molecular complexity index is 481. The van der Waals surface area contributed by atoms with Gasteiger partial charge in [0.05, 0.1) is 6.04 Å². The average molecular weight is 253 g/mol. The first-order valence-corrected chi connectivity index (χ1v) is 6.24. The first-order chi connectivity index (χ1) is 7.74. The molecule has 0 spiro atoms. The number of rotatable bonds is 3. The Hall–Kier alpha value is -0.870. The van der Waals surface area contributed by atoms with Gasteiger partial charge in [-0.15, -0.1) is 11.3 Å². The lowest BCUT2D eigenvalue weighted by Gasteiger charge is -2.17. The van der Waals surface area contributed by atoms with Gasteiger partial charge in [-0.05, 0) is 35.6 Å². The molecule has 1 aromatic heterocycles. The molecule has 1 heterocycles. The summed E-state index contributed by atoms with van der Waals surface area (Å²) in [5, 5.41) is 2.80. The van der Waals surface area contributed by atoms with E-state index < -0.39 is 0 Å². The van der Waals surface area contributed by atoms with Crippen LogP contribution in [0.15, 0.2) is 35.7 Å². The number of hydrogen-bond acceptors (Lipinski definition) is 3. The summed E-state index contributed by atoms with van der Waals surface area (Å²) in [6.07, 6.45) is 0. The van der Waals surface area contributed by atoms with E-state index in [0.29, 0.717) is 0 Å². The first kappa shape index (κ1) is 11.6. The van der Waals surface area contributed by atoms with Crippen molar-refractivity contribution in [3.05, 3.63) is 56.7 Å². The van der Waals surface area contributed by atoms with Gasteiger partial charge >= 0.3 is 0 Å². The molecule has 0 radical (unpaired) electrons. The molecular formula is C12H13ClN2S. The molecule has 16 heavy (non-hydrogen) atoms. The highest BCUT2D eigenvalue weighted by Gasteiger charge is 2.17. The first-order valence-electron chi connectivity index (χ1n) is 4.98. The lowest BCUT2D eigenvalue weighted by Crippen LogP contribution is -2.28. The van der Waals surface area contributed by atoms with Crippen LogP contribution in [0, 0.1) is 6.92 Å². The zero-order valence-electron chi connectivity index (χ0n) is 8.91. The maximum absolute atomic E-state index is 6.18. The van der Waals surface area contributed by atoms with Gasteiger partial charge in [0, 0.05) is 9.90 Å². The van der Waals surface area contributed by atoms with Crippen LogP contribution < -0.4 is 11.3 Å². The van der Waals surface area contributed by atoms with Gasteiger partial charge in [0.2, 0.25) is 0 Å². The van der Waals surface area contributed by atoms with E-state index in [2.05, 4.69) is 23.8 Å². The van der Waals surface area contributed by atoms with Gasteiger partial charge in [0.1, 0.15) is 0 Å². The molecule has 3 N–H and O–H groups in total. The molecule has 1 unspecified atom stereocenters. The van der Waals surface area contributed by atoms with Crippen molar-refractivity contribution in [2.24, 2.45) is 5.84 Å². The second-order valence-corrected chi connectivity index (χ2v) is 4.94. The van der Waals surface area contributed by atoms with Gasteiger partial charge in [0.25, 0.3) is 0 Å². The van der Waals surface area contributed by atoms with Crippen LogP contribution in [0.4, 0.5) is 0 Å². The van der Waals surface area contributed by atoms with Gasteiger partial charge in [-0.25, -0.2) is 5.43 Å². The third kappa shape index (κ3) is 2.13. The Morgan fingerprint density at radius 3 is 2.62 bits per heavy atom. The minimum atomic E-state index is -0.0336. The molecule has 0 bridgehead atoms. The topological polar surface area (TPSA) is 38.0 Å². The van der Waals surface area contributed by atoms with Crippen LogP contribution in [-0.4, -0.2) is 0 Å². The lowest BCUT2D eigenvalue weighted by molar-refractivity contribution is 0.644. The molecule has 0 saturated carbocycles. The number of hydrogen-bond donors (Lipinski definition) is 2. The summed E-state index contributed by atoms with van der Waals surface area (Å²) in [5.74, 6) is 5.63. The van der Waals surface area contributed by atoms with Gasteiger partial charge in [-0.3, -0.25) is 5.84 Å². The van der Waals surface area contributed by atoms with E-state index in [1.165, 1.54) is 10.4 Å². The number of nitrogens with two attached hydrogens (primary N) is 1. The Labute approximate surface area is 104 Å². The largest absolute Gasteiger partial charge is 0.271 e. The molecule has 0 amide bonds. The van der Waals surface area contributed by atoms with E-state index in [1.54, 1.807) is 11.3 Å². The fourth-order valence-electron chi connectivity index (χ4n) is 1.70. The molecule has 0 saturated heterocycles. The van der Waals surface area contributed by atoms with Crippen molar-refractivity contribution in [2.45, 2.75) is 13.0 Å². The second kappa shape index (κ2) is 4.97. The smallest absolute Gasteiger partial charge is 0.0819 e. The molecule has 2 nitrogen and oxygen atoms in total. The third-order valence-electron chi connectivity index (χ3n) is 2.55. The highest BCUT2D eigenvalue weighted by molar-refractivity contribution is 7.10. The quantitative estimate of drug-likeness (QED) is 0.650. The van der Waals surface area contributed by atoms with Gasteiger partial charge < -0.3 is 0 Å². The Morgan fingerprint density at radius 1 is 1.31 bits per heavy atom. The maximum atomic E-state index is 6.18. The molecule has 0 fully saturated rings. The summed E-state index contributed by atoms with van der Waals surface area (Å²) in [6, 6.07) is 9.81. The van der Waals surface area contributed by atoms with Crippen LogP contribution in [0.5, 0.6) is 0 Å². The summed E-state index contributed by atoms with van der Waals surface area (Å²) >= 11 is 7.86. The number of halogens is 1. The van der Waals surface area contributed by atoms with Crippen molar-refractivity contribution in [1.29, 1.82) is 0 Å². The van der Waals surface area contributed by atoms with Crippen LogP contribution in [0.1, 0.15) is 22.0 Å². The fourth-order valence-corrected chi connectivity index (χ4v) is 2.94. The van der Waals surface area contributed by atoms with Gasteiger partial charge in [-0.1, -0.05) is 29.8 Å². The monoisotopic (exact) mass is 252 g/mol. The molecule has 4 heteroatoms. The number of thiophene rings is 1. The van der Waals surface area contributed by atoms with Crippen LogP contribution >= 0.6 is 22.9 Å². The highest BCUT2D eigenvalue weighted by atomic mass is 35.5. The Kier molecular flexibility index (Phi) is 3.61. The van der Waals surface area contributed by atoms with E-state index in [-0.39, 0.29) is 6.04 Å². The Balaban J connectivity index is 2.45. The van der Waals surface area contributed by atoms with Crippen LogP contribution in [0.2, 0.25) is 5.02 Å². The fraction of sp³-hybridized carbons (Fsp3) is 0.167. The molecule has 2 aromatic rings. The molecule has 0 aliphatic heterocycles. The maximum Gasteiger partial charge on any atom is 0.0819 e. The van der Waals surface area contributed by atoms with Crippen LogP contribution in [0.3, 0.4) is 0 Å². The molecule has 84 valence electrons. The standard InChI is InChI=1S/C12H13ClN2S/c1-8-6-7-16-12(8)11(15-14)9-4-2-3-5-10(9)13/h2-7,11,15H,14H2,1H3.